The van der Waals surface area contributed by atoms with Gasteiger partial charge < -0.3 is 4.43 Å². The molecule has 2 aromatic rings. The summed E-state index contributed by atoms with van der Waals surface area (Å²) in [5, 5.41) is 0. The van der Waals surface area contributed by atoms with Gasteiger partial charge in [0.2, 0.25) is 9.04 Å². The summed E-state index contributed by atoms with van der Waals surface area (Å²) in [7, 11) is -1.18. The lowest BCUT2D eigenvalue weighted by atomic mass is 9.85. The molecule has 0 aliphatic carbocycles. The van der Waals surface area contributed by atoms with Gasteiger partial charge in [-0.2, -0.15) is 0 Å². The topological polar surface area (TPSA) is 22.1 Å². The quantitative estimate of drug-likeness (QED) is 0.779. The molecule has 0 aliphatic rings. The van der Waals surface area contributed by atoms with Gasteiger partial charge in [0, 0.05) is 11.8 Å². The zero-order chi connectivity index (χ0) is 14.8. The first-order chi connectivity index (χ1) is 9.39. The Kier molecular flexibility index (Phi) is 4.28. The number of aromatic nitrogens is 1. The lowest BCUT2D eigenvalue weighted by Crippen LogP contribution is -2.19. The van der Waals surface area contributed by atoms with Gasteiger partial charge in [-0.05, 0) is 42.3 Å². The van der Waals surface area contributed by atoms with E-state index in [-0.39, 0.29) is 5.41 Å². The molecule has 0 aliphatic heterocycles. The Labute approximate surface area is 123 Å². The van der Waals surface area contributed by atoms with Crippen LogP contribution < -0.4 is 4.43 Å². The summed E-state index contributed by atoms with van der Waals surface area (Å²) in [5.41, 5.74) is 3.38. The van der Waals surface area contributed by atoms with E-state index in [4.69, 9.17) is 4.43 Å². The van der Waals surface area contributed by atoms with Gasteiger partial charge in [-0.25, -0.2) is 0 Å². The molecular weight excluding hydrogens is 262 g/mol. The number of para-hydroxylation sites is 1. The Bertz CT molecular complexity index is 573. The van der Waals surface area contributed by atoms with E-state index in [0.717, 1.165) is 17.0 Å². The second kappa shape index (κ2) is 5.79. The van der Waals surface area contributed by atoms with Crippen LogP contribution in [0.25, 0.3) is 11.3 Å². The molecule has 1 aromatic carbocycles. The molecular formula is C17H23NOSi. The van der Waals surface area contributed by atoms with E-state index in [1.54, 1.807) is 0 Å². The van der Waals surface area contributed by atoms with E-state index in [0.29, 0.717) is 0 Å². The molecule has 0 amide bonds. The van der Waals surface area contributed by atoms with Crippen LogP contribution in [0, 0.1) is 0 Å². The van der Waals surface area contributed by atoms with Crippen molar-refractivity contribution in [3.05, 3.63) is 48.2 Å². The zero-order valence-electron chi connectivity index (χ0n) is 13.0. The SMILES string of the molecule is C[SiH](C)Oc1c(-c2ccccn2)cccc1C(C)(C)C. The standard InChI is InChI=1S/C17H23NOSi/c1-17(2,3)14-10-8-9-13(16(14)19-20(4)5)15-11-6-7-12-18-15/h6-12,20H,1-5H3. The minimum absolute atomic E-state index is 0.0589. The summed E-state index contributed by atoms with van der Waals surface area (Å²) in [6, 6.07) is 12.4. The van der Waals surface area contributed by atoms with Gasteiger partial charge in [0.15, 0.2) is 0 Å². The van der Waals surface area contributed by atoms with Crippen LogP contribution in [0.2, 0.25) is 13.1 Å². The average molecular weight is 285 g/mol. The smallest absolute Gasteiger partial charge is 0.229 e. The molecule has 0 N–H and O–H groups in total. The van der Waals surface area contributed by atoms with Crippen molar-refractivity contribution in [3.8, 4) is 17.0 Å². The largest absolute Gasteiger partial charge is 0.546 e. The number of hydrogen-bond acceptors (Lipinski definition) is 2. The highest BCUT2D eigenvalue weighted by Crippen LogP contribution is 2.38. The molecule has 106 valence electrons. The zero-order valence-corrected chi connectivity index (χ0v) is 14.1. The molecule has 3 heteroatoms. The predicted molar refractivity (Wildman–Crippen MR) is 87.9 cm³/mol. The third kappa shape index (κ3) is 3.28. The van der Waals surface area contributed by atoms with Crippen LogP contribution in [-0.2, 0) is 5.41 Å². The van der Waals surface area contributed by atoms with Gasteiger partial charge in [-0.1, -0.05) is 39.0 Å². The van der Waals surface area contributed by atoms with Crippen molar-refractivity contribution in [1.82, 2.24) is 4.98 Å². The van der Waals surface area contributed by atoms with Crippen LogP contribution in [0.5, 0.6) is 5.75 Å². The van der Waals surface area contributed by atoms with Gasteiger partial charge in [-0.3, -0.25) is 4.98 Å². The first kappa shape index (κ1) is 14.8. The number of rotatable bonds is 3. The van der Waals surface area contributed by atoms with E-state index in [2.05, 4.69) is 57.0 Å². The summed E-state index contributed by atoms with van der Waals surface area (Å²) >= 11 is 0. The number of nitrogens with zero attached hydrogens (tertiary/aromatic N) is 1. The van der Waals surface area contributed by atoms with Gasteiger partial charge in [0.25, 0.3) is 0 Å². The molecule has 2 nitrogen and oxygen atoms in total. The van der Waals surface area contributed by atoms with Crippen LogP contribution in [0.3, 0.4) is 0 Å². The number of pyridine rings is 1. The summed E-state index contributed by atoms with van der Waals surface area (Å²) in [6.07, 6.45) is 1.83. The maximum Gasteiger partial charge on any atom is 0.229 e. The number of hydrogen-bond donors (Lipinski definition) is 0. The van der Waals surface area contributed by atoms with Crippen molar-refractivity contribution >= 4 is 9.04 Å². The van der Waals surface area contributed by atoms with Crippen molar-refractivity contribution in [3.63, 3.8) is 0 Å². The van der Waals surface area contributed by atoms with Crippen molar-refractivity contribution in [2.45, 2.75) is 39.3 Å². The van der Waals surface area contributed by atoms with Gasteiger partial charge in [0.05, 0.1) is 5.69 Å². The fourth-order valence-corrected chi connectivity index (χ4v) is 2.94. The third-order valence-corrected chi connectivity index (χ3v) is 3.82. The second-order valence-electron chi connectivity index (χ2n) is 6.31. The fraction of sp³-hybridized carbons (Fsp3) is 0.353. The Balaban J connectivity index is 2.62. The van der Waals surface area contributed by atoms with Crippen molar-refractivity contribution in [2.75, 3.05) is 0 Å². The predicted octanol–water partition coefficient (Wildman–Crippen LogP) is 4.41. The second-order valence-corrected chi connectivity index (χ2v) is 8.65. The molecule has 20 heavy (non-hydrogen) atoms. The van der Waals surface area contributed by atoms with Crippen LogP contribution >= 0.6 is 0 Å². The Morgan fingerprint density at radius 2 is 1.75 bits per heavy atom. The van der Waals surface area contributed by atoms with E-state index < -0.39 is 9.04 Å². The van der Waals surface area contributed by atoms with Crippen LogP contribution in [0.4, 0.5) is 0 Å². The van der Waals surface area contributed by atoms with E-state index >= 15 is 0 Å². The average Bonchev–Trinajstić information content (AvgIpc) is 2.38. The van der Waals surface area contributed by atoms with E-state index in [1.807, 2.05) is 24.4 Å². The minimum Gasteiger partial charge on any atom is -0.546 e. The molecule has 0 radical (unpaired) electrons. The first-order valence-corrected chi connectivity index (χ1v) is 9.89. The van der Waals surface area contributed by atoms with Crippen LogP contribution in [-0.4, -0.2) is 14.0 Å². The molecule has 0 spiro atoms. The minimum atomic E-state index is -1.18. The summed E-state index contributed by atoms with van der Waals surface area (Å²) in [4.78, 5) is 4.48. The fourth-order valence-electron chi connectivity index (χ4n) is 2.21. The van der Waals surface area contributed by atoms with Crippen LogP contribution in [0.1, 0.15) is 26.3 Å². The highest BCUT2D eigenvalue weighted by Gasteiger charge is 2.22. The van der Waals surface area contributed by atoms with Crippen molar-refractivity contribution in [1.29, 1.82) is 0 Å². The van der Waals surface area contributed by atoms with Crippen molar-refractivity contribution < 1.29 is 4.43 Å². The van der Waals surface area contributed by atoms with Crippen molar-refractivity contribution in [2.24, 2.45) is 0 Å². The van der Waals surface area contributed by atoms with E-state index in [1.165, 1.54) is 5.56 Å². The Morgan fingerprint density at radius 1 is 1.00 bits per heavy atom. The molecule has 0 fully saturated rings. The first-order valence-electron chi connectivity index (χ1n) is 7.11. The molecule has 0 unspecified atom stereocenters. The molecule has 0 atom stereocenters. The summed E-state index contributed by atoms with van der Waals surface area (Å²) in [5.74, 6) is 1.01. The Hall–Kier alpha value is -1.61. The van der Waals surface area contributed by atoms with Crippen LogP contribution in [0.15, 0.2) is 42.6 Å². The summed E-state index contributed by atoms with van der Waals surface area (Å²) < 4.78 is 6.26. The molecule has 1 heterocycles. The molecule has 0 saturated heterocycles. The Morgan fingerprint density at radius 3 is 2.30 bits per heavy atom. The highest BCUT2D eigenvalue weighted by molar-refractivity contribution is 6.49. The van der Waals surface area contributed by atoms with E-state index in [9.17, 15) is 0 Å². The van der Waals surface area contributed by atoms with Gasteiger partial charge in [0.1, 0.15) is 5.75 Å². The maximum absolute atomic E-state index is 6.26. The molecule has 0 bridgehead atoms. The third-order valence-electron chi connectivity index (χ3n) is 3.12. The monoisotopic (exact) mass is 285 g/mol. The summed E-state index contributed by atoms with van der Waals surface area (Å²) in [6.45, 7) is 11.1. The molecule has 1 aromatic heterocycles. The van der Waals surface area contributed by atoms with Gasteiger partial charge >= 0.3 is 0 Å². The lowest BCUT2D eigenvalue weighted by Gasteiger charge is -2.26. The lowest BCUT2D eigenvalue weighted by molar-refractivity contribution is 0.522. The molecule has 0 saturated carbocycles. The maximum atomic E-state index is 6.26. The normalized spacial score (nSPS) is 11.7. The number of benzene rings is 1. The van der Waals surface area contributed by atoms with Gasteiger partial charge in [-0.15, -0.1) is 0 Å². The molecule has 2 rings (SSSR count). The highest BCUT2D eigenvalue weighted by atomic mass is 28.3.